The van der Waals surface area contributed by atoms with Gasteiger partial charge in [0.15, 0.2) is 0 Å². The lowest BCUT2D eigenvalue weighted by Gasteiger charge is -2.08. The molecule has 0 bridgehead atoms. The van der Waals surface area contributed by atoms with Gasteiger partial charge in [0, 0.05) is 17.7 Å². The molecular weight excluding hydrogens is 389 g/mol. The number of fused-ring (bicyclic) bond motifs is 1. The molecule has 0 saturated carbocycles. The molecular formula is C19H19F3N4OS. The topological polar surface area (TPSA) is 59.3 Å². The lowest BCUT2D eigenvalue weighted by Crippen LogP contribution is -2.30. The summed E-state index contributed by atoms with van der Waals surface area (Å²) in [5, 5.41) is 5.49. The van der Waals surface area contributed by atoms with Gasteiger partial charge in [-0.3, -0.25) is 4.79 Å². The minimum absolute atomic E-state index is 0.00504. The van der Waals surface area contributed by atoms with Gasteiger partial charge in [-0.2, -0.15) is 13.2 Å². The van der Waals surface area contributed by atoms with Gasteiger partial charge in [0.05, 0.1) is 11.4 Å². The molecule has 0 aliphatic carbocycles. The van der Waals surface area contributed by atoms with Crippen molar-refractivity contribution in [3.8, 4) is 11.3 Å². The second-order valence-electron chi connectivity index (χ2n) is 6.41. The maximum atomic E-state index is 13.0. The van der Waals surface area contributed by atoms with Crippen LogP contribution in [0.2, 0.25) is 0 Å². The van der Waals surface area contributed by atoms with Crippen molar-refractivity contribution < 1.29 is 18.0 Å². The number of nitrogens with one attached hydrogen (secondary N) is 1. The Hall–Kier alpha value is -2.68. The third kappa shape index (κ3) is 4.09. The molecule has 0 aliphatic rings. The van der Waals surface area contributed by atoms with E-state index in [0.29, 0.717) is 22.7 Å². The molecule has 0 saturated heterocycles. The highest BCUT2D eigenvalue weighted by atomic mass is 32.1. The molecule has 2 aromatic heterocycles. The van der Waals surface area contributed by atoms with Crippen molar-refractivity contribution in [3.05, 3.63) is 46.6 Å². The molecule has 0 fully saturated rings. The van der Waals surface area contributed by atoms with Crippen LogP contribution in [-0.2, 0) is 11.0 Å². The van der Waals surface area contributed by atoms with Crippen LogP contribution in [0, 0.1) is 6.92 Å². The largest absolute Gasteiger partial charge is 0.445 e. The number of rotatable bonds is 5. The van der Waals surface area contributed by atoms with E-state index in [4.69, 9.17) is 0 Å². The molecule has 1 atom stereocenters. The zero-order valence-electron chi connectivity index (χ0n) is 15.5. The van der Waals surface area contributed by atoms with Crippen LogP contribution in [0.1, 0.15) is 36.5 Å². The SMILES string of the molecule is CCC(C)NC(=O)C=Cc1c(-c2ccccc2C)nc2sc(C(F)(F)F)nn12. The lowest BCUT2D eigenvalue weighted by molar-refractivity contribution is -0.138. The Balaban J connectivity index is 2.10. The molecule has 0 radical (unpaired) electrons. The number of carbonyl (C=O) groups is 1. The van der Waals surface area contributed by atoms with Gasteiger partial charge in [0.25, 0.3) is 0 Å². The Bertz CT molecular complexity index is 1040. The number of alkyl halides is 3. The van der Waals surface area contributed by atoms with Gasteiger partial charge in [-0.05, 0) is 31.9 Å². The van der Waals surface area contributed by atoms with E-state index in [0.717, 1.165) is 22.1 Å². The van der Waals surface area contributed by atoms with Crippen LogP contribution in [0.5, 0.6) is 0 Å². The molecule has 1 aromatic carbocycles. The van der Waals surface area contributed by atoms with Crippen LogP contribution < -0.4 is 5.32 Å². The van der Waals surface area contributed by atoms with Gasteiger partial charge in [-0.25, -0.2) is 9.50 Å². The Kier molecular flexibility index (Phi) is 5.55. The molecule has 28 heavy (non-hydrogen) atoms. The number of aryl methyl sites for hydroxylation is 1. The molecule has 0 aliphatic heterocycles. The highest BCUT2D eigenvalue weighted by molar-refractivity contribution is 7.16. The summed E-state index contributed by atoms with van der Waals surface area (Å²) in [5.74, 6) is -0.327. The Morgan fingerprint density at radius 1 is 1.36 bits per heavy atom. The first-order valence-electron chi connectivity index (χ1n) is 8.72. The van der Waals surface area contributed by atoms with Crippen molar-refractivity contribution in [3.63, 3.8) is 0 Å². The van der Waals surface area contributed by atoms with Crippen molar-refractivity contribution in [2.24, 2.45) is 0 Å². The van der Waals surface area contributed by atoms with Crippen molar-refractivity contribution >= 4 is 28.3 Å². The molecule has 9 heteroatoms. The Morgan fingerprint density at radius 2 is 2.07 bits per heavy atom. The van der Waals surface area contributed by atoms with Gasteiger partial charge >= 0.3 is 6.18 Å². The number of nitrogens with zero attached hydrogens (tertiary/aromatic N) is 3. The van der Waals surface area contributed by atoms with Crippen molar-refractivity contribution in [2.45, 2.75) is 39.4 Å². The summed E-state index contributed by atoms with van der Waals surface area (Å²) in [4.78, 5) is 16.6. The maximum Gasteiger partial charge on any atom is 0.445 e. The Morgan fingerprint density at radius 3 is 2.71 bits per heavy atom. The van der Waals surface area contributed by atoms with Gasteiger partial charge in [-0.1, -0.05) is 42.5 Å². The normalized spacial score (nSPS) is 13.4. The number of hydrogen-bond acceptors (Lipinski definition) is 4. The third-order valence-electron chi connectivity index (χ3n) is 4.27. The maximum absolute atomic E-state index is 13.0. The van der Waals surface area contributed by atoms with Crippen molar-refractivity contribution in [1.82, 2.24) is 19.9 Å². The van der Waals surface area contributed by atoms with E-state index < -0.39 is 11.2 Å². The fourth-order valence-corrected chi connectivity index (χ4v) is 3.39. The number of carbonyl (C=O) groups excluding carboxylic acids is 1. The number of hydrogen-bond donors (Lipinski definition) is 1. The molecule has 1 amide bonds. The average molecular weight is 408 g/mol. The van der Waals surface area contributed by atoms with Crippen LogP contribution in [0.3, 0.4) is 0 Å². The van der Waals surface area contributed by atoms with Crippen LogP contribution in [0.4, 0.5) is 13.2 Å². The summed E-state index contributed by atoms with van der Waals surface area (Å²) in [6, 6.07) is 7.41. The molecule has 5 nitrogen and oxygen atoms in total. The van der Waals surface area contributed by atoms with E-state index in [2.05, 4.69) is 15.4 Å². The van der Waals surface area contributed by atoms with Gasteiger partial charge in [0.2, 0.25) is 15.9 Å². The minimum Gasteiger partial charge on any atom is -0.350 e. The quantitative estimate of drug-likeness (QED) is 0.622. The summed E-state index contributed by atoms with van der Waals surface area (Å²) in [7, 11) is 0. The van der Waals surface area contributed by atoms with E-state index in [1.54, 1.807) is 0 Å². The smallest absolute Gasteiger partial charge is 0.350 e. The molecule has 2 heterocycles. The molecule has 0 spiro atoms. The van der Waals surface area contributed by atoms with Gasteiger partial charge in [0.1, 0.15) is 0 Å². The number of amides is 1. The standard InChI is InChI=1S/C19H19F3N4OS/c1-4-12(3)23-15(27)10-9-14-16(13-8-6-5-7-11(13)2)24-18-26(14)25-17(28-18)19(20,21)22/h5-10,12H,4H2,1-3H3,(H,23,27). The predicted octanol–water partition coefficient (Wildman–Crippen LogP) is 4.71. The predicted molar refractivity (Wildman–Crippen MR) is 103 cm³/mol. The van der Waals surface area contributed by atoms with E-state index in [9.17, 15) is 18.0 Å². The second-order valence-corrected chi connectivity index (χ2v) is 7.37. The van der Waals surface area contributed by atoms with Crippen molar-refractivity contribution in [1.29, 1.82) is 0 Å². The first-order valence-corrected chi connectivity index (χ1v) is 9.53. The first kappa shape index (κ1) is 20.1. The summed E-state index contributed by atoms with van der Waals surface area (Å²) in [5.41, 5.74) is 2.51. The van der Waals surface area contributed by atoms with Crippen LogP contribution in [-0.4, -0.2) is 26.5 Å². The average Bonchev–Trinajstić information content (AvgIpc) is 3.18. The van der Waals surface area contributed by atoms with E-state index in [1.807, 2.05) is 45.0 Å². The van der Waals surface area contributed by atoms with Gasteiger partial charge < -0.3 is 5.32 Å². The minimum atomic E-state index is -4.55. The molecule has 1 N–H and O–H groups in total. The monoisotopic (exact) mass is 408 g/mol. The number of halogens is 3. The Labute approximate surface area is 163 Å². The third-order valence-corrected chi connectivity index (χ3v) is 5.23. The fraction of sp³-hybridized carbons (Fsp3) is 0.316. The highest BCUT2D eigenvalue weighted by Gasteiger charge is 2.36. The first-order chi connectivity index (χ1) is 13.2. The van der Waals surface area contributed by atoms with E-state index in [1.165, 1.54) is 12.2 Å². The van der Waals surface area contributed by atoms with Crippen molar-refractivity contribution in [2.75, 3.05) is 0 Å². The van der Waals surface area contributed by atoms with Crippen LogP contribution >= 0.6 is 11.3 Å². The number of aromatic nitrogens is 3. The molecule has 1 unspecified atom stereocenters. The summed E-state index contributed by atoms with van der Waals surface area (Å²) in [6.45, 7) is 5.71. The van der Waals surface area contributed by atoms with E-state index in [-0.39, 0.29) is 16.9 Å². The summed E-state index contributed by atoms with van der Waals surface area (Å²) < 4.78 is 40.3. The number of benzene rings is 1. The van der Waals surface area contributed by atoms with Crippen LogP contribution in [0.25, 0.3) is 22.3 Å². The zero-order chi connectivity index (χ0) is 20.5. The zero-order valence-corrected chi connectivity index (χ0v) is 16.4. The lowest BCUT2D eigenvalue weighted by atomic mass is 10.0. The number of imidazole rings is 1. The van der Waals surface area contributed by atoms with Crippen LogP contribution in [0.15, 0.2) is 30.3 Å². The fourth-order valence-electron chi connectivity index (χ4n) is 2.61. The molecule has 148 valence electrons. The molecule has 3 rings (SSSR count). The highest BCUT2D eigenvalue weighted by Crippen LogP contribution is 2.35. The summed E-state index contributed by atoms with van der Waals surface area (Å²) in [6.07, 6.45) is -1.03. The summed E-state index contributed by atoms with van der Waals surface area (Å²) >= 11 is 0.470. The van der Waals surface area contributed by atoms with Gasteiger partial charge in [-0.15, -0.1) is 5.10 Å². The second kappa shape index (κ2) is 7.75. The molecule has 3 aromatic rings. The van der Waals surface area contributed by atoms with E-state index >= 15 is 0 Å².